The van der Waals surface area contributed by atoms with Crippen LogP contribution in [-0.2, 0) is 4.79 Å². The maximum atomic E-state index is 11.8. The number of benzene rings is 2. The van der Waals surface area contributed by atoms with Crippen LogP contribution in [0.2, 0.25) is 0 Å². The van der Waals surface area contributed by atoms with Crippen molar-refractivity contribution in [3.63, 3.8) is 0 Å². The van der Waals surface area contributed by atoms with Crippen molar-refractivity contribution in [1.82, 2.24) is 16.2 Å². The molecule has 0 aromatic heterocycles. The molecule has 0 saturated carbocycles. The van der Waals surface area contributed by atoms with Crippen LogP contribution in [0.1, 0.15) is 13.8 Å². The van der Waals surface area contributed by atoms with E-state index in [2.05, 4.69) is 45.9 Å². The van der Waals surface area contributed by atoms with Gasteiger partial charge in [0.1, 0.15) is 5.75 Å². The third-order valence-corrected chi connectivity index (χ3v) is 3.87. The fourth-order valence-corrected chi connectivity index (χ4v) is 2.45. The Morgan fingerprint density at radius 2 is 1.88 bits per heavy atom. The standard InChI is InChI=1S/C17H20BrN3O2S/c1-11(2)9-19-17(24)21-20-16(22)10-23-15-6-4-12-7-14(18)5-3-13(12)8-15/h3-8,11H,9-10H2,1-2H3,(H,20,22)(H2,19,21,24). The lowest BCUT2D eigenvalue weighted by Crippen LogP contribution is -2.48. The molecule has 0 aliphatic rings. The molecule has 5 nitrogen and oxygen atoms in total. The molecule has 2 aromatic carbocycles. The van der Waals surface area contributed by atoms with Crippen molar-refractivity contribution in [3.8, 4) is 5.75 Å². The van der Waals surface area contributed by atoms with Crippen LogP contribution in [0.25, 0.3) is 10.8 Å². The zero-order chi connectivity index (χ0) is 17.5. The molecule has 24 heavy (non-hydrogen) atoms. The summed E-state index contributed by atoms with van der Waals surface area (Å²) >= 11 is 8.49. The van der Waals surface area contributed by atoms with Crippen LogP contribution in [-0.4, -0.2) is 24.2 Å². The normalized spacial score (nSPS) is 10.5. The van der Waals surface area contributed by atoms with Gasteiger partial charge in [-0.3, -0.25) is 15.6 Å². The van der Waals surface area contributed by atoms with Gasteiger partial charge in [-0.2, -0.15) is 0 Å². The van der Waals surface area contributed by atoms with E-state index in [-0.39, 0.29) is 12.5 Å². The number of hydrogen-bond donors (Lipinski definition) is 3. The maximum Gasteiger partial charge on any atom is 0.276 e. The highest BCUT2D eigenvalue weighted by atomic mass is 79.9. The number of nitrogens with one attached hydrogen (secondary N) is 3. The second-order valence-corrected chi connectivity index (χ2v) is 7.04. The number of thiocarbonyl (C=S) groups is 1. The monoisotopic (exact) mass is 409 g/mol. The van der Waals surface area contributed by atoms with E-state index >= 15 is 0 Å². The summed E-state index contributed by atoms with van der Waals surface area (Å²) in [5, 5.41) is 5.53. The second-order valence-electron chi connectivity index (χ2n) is 5.72. The zero-order valence-corrected chi connectivity index (χ0v) is 16.0. The van der Waals surface area contributed by atoms with Crippen molar-refractivity contribution in [2.45, 2.75) is 13.8 Å². The van der Waals surface area contributed by atoms with Gasteiger partial charge < -0.3 is 10.1 Å². The lowest BCUT2D eigenvalue weighted by atomic mass is 10.1. The second kappa shape index (κ2) is 8.84. The number of hydrogen-bond acceptors (Lipinski definition) is 3. The van der Waals surface area contributed by atoms with Gasteiger partial charge in [-0.1, -0.05) is 41.9 Å². The van der Waals surface area contributed by atoms with Crippen molar-refractivity contribution >= 4 is 49.9 Å². The van der Waals surface area contributed by atoms with E-state index < -0.39 is 0 Å². The smallest absolute Gasteiger partial charge is 0.276 e. The first kappa shape index (κ1) is 18.5. The summed E-state index contributed by atoms with van der Waals surface area (Å²) in [6, 6.07) is 11.7. The molecule has 0 spiro atoms. The molecule has 7 heteroatoms. The summed E-state index contributed by atoms with van der Waals surface area (Å²) < 4.78 is 6.53. The van der Waals surface area contributed by atoms with Crippen molar-refractivity contribution < 1.29 is 9.53 Å². The van der Waals surface area contributed by atoms with Crippen LogP contribution in [0.3, 0.4) is 0 Å². The fourth-order valence-electron chi connectivity index (χ4n) is 1.94. The molecule has 0 aliphatic heterocycles. The van der Waals surface area contributed by atoms with Gasteiger partial charge in [0, 0.05) is 11.0 Å². The Hall–Kier alpha value is -1.86. The first-order valence-electron chi connectivity index (χ1n) is 7.59. The molecule has 2 aromatic rings. The summed E-state index contributed by atoms with van der Waals surface area (Å²) in [5.74, 6) is 0.803. The molecular weight excluding hydrogens is 390 g/mol. The zero-order valence-electron chi connectivity index (χ0n) is 13.6. The van der Waals surface area contributed by atoms with E-state index in [0.717, 1.165) is 21.8 Å². The molecule has 0 saturated heterocycles. The molecule has 0 unspecified atom stereocenters. The average Bonchev–Trinajstić information content (AvgIpc) is 2.56. The molecule has 1 amide bonds. The van der Waals surface area contributed by atoms with Crippen LogP contribution in [0.15, 0.2) is 40.9 Å². The number of carbonyl (C=O) groups is 1. The number of carbonyl (C=O) groups excluding carboxylic acids is 1. The number of rotatable bonds is 5. The summed E-state index contributed by atoms with van der Waals surface area (Å²) in [4.78, 5) is 11.8. The Morgan fingerprint density at radius 3 is 2.62 bits per heavy atom. The summed E-state index contributed by atoms with van der Waals surface area (Å²) in [5.41, 5.74) is 5.14. The number of fused-ring (bicyclic) bond motifs is 1. The lowest BCUT2D eigenvalue weighted by Gasteiger charge is -2.13. The average molecular weight is 410 g/mol. The Morgan fingerprint density at radius 1 is 1.17 bits per heavy atom. The SMILES string of the molecule is CC(C)CNC(=S)NNC(=O)COc1ccc2cc(Br)ccc2c1. The fraction of sp³-hybridized carbons (Fsp3) is 0.294. The van der Waals surface area contributed by atoms with Crippen LogP contribution in [0, 0.1) is 5.92 Å². The number of amides is 1. The Labute approximate surface area is 155 Å². The third-order valence-electron chi connectivity index (χ3n) is 3.13. The largest absolute Gasteiger partial charge is 0.484 e. The Balaban J connectivity index is 1.79. The van der Waals surface area contributed by atoms with Gasteiger partial charge in [0.05, 0.1) is 0 Å². The van der Waals surface area contributed by atoms with Gasteiger partial charge in [0.25, 0.3) is 5.91 Å². The number of ether oxygens (including phenoxy) is 1. The highest BCUT2D eigenvalue weighted by molar-refractivity contribution is 9.10. The molecule has 0 bridgehead atoms. The van der Waals surface area contributed by atoms with Gasteiger partial charge in [0.15, 0.2) is 11.7 Å². The van der Waals surface area contributed by atoms with Crippen LogP contribution >= 0.6 is 28.1 Å². The molecule has 0 heterocycles. The first-order chi connectivity index (χ1) is 11.4. The summed E-state index contributed by atoms with van der Waals surface area (Å²) in [6.07, 6.45) is 0. The topological polar surface area (TPSA) is 62.4 Å². The Bertz CT molecular complexity index is 737. The van der Waals surface area contributed by atoms with Crippen LogP contribution in [0.4, 0.5) is 0 Å². The van der Waals surface area contributed by atoms with E-state index in [9.17, 15) is 4.79 Å². The van der Waals surface area contributed by atoms with E-state index in [4.69, 9.17) is 17.0 Å². The summed E-state index contributed by atoms with van der Waals surface area (Å²) in [6.45, 7) is 4.79. The predicted octanol–water partition coefficient (Wildman–Crippen LogP) is 3.13. The van der Waals surface area contributed by atoms with Gasteiger partial charge in [-0.05, 0) is 53.2 Å². The van der Waals surface area contributed by atoms with Crippen molar-refractivity contribution in [3.05, 3.63) is 40.9 Å². The molecule has 2 rings (SSSR count). The van der Waals surface area contributed by atoms with Gasteiger partial charge in [0.2, 0.25) is 0 Å². The molecule has 0 atom stereocenters. The molecular formula is C17H20BrN3O2S. The minimum absolute atomic E-state index is 0.0954. The quantitative estimate of drug-likeness (QED) is 0.522. The van der Waals surface area contributed by atoms with Gasteiger partial charge in [-0.25, -0.2) is 0 Å². The number of halogens is 1. The van der Waals surface area contributed by atoms with E-state index in [1.54, 1.807) is 0 Å². The van der Waals surface area contributed by atoms with Gasteiger partial charge >= 0.3 is 0 Å². The van der Waals surface area contributed by atoms with Gasteiger partial charge in [-0.15, -0.1) is 0 Å². The molecule has 3 N–H and O–H groups in total. The van der Waals surface area contributed by atoms with E-state index in [1.807, 2.05) is 36.4 Å². The molecule has 0 aliphatic carbocycles. The summed E-state index contributed by atoms with van der Waals surface area (Å²) in [7, 11) is 0. The van der Waals surface area contributed by atoms with Crippen molar-refractivity contribution in [2.24, 2.45) is 5.92 Å². The Kier molecular flexibility index (Phi) is 6.81. The highest BCUT2D eigenvalue weighted by Crippen LogP contribution is 2.24. The van der Waals surface area contributed by atoms with E-state index in [0.29, 0.717) is 16.8 Å². The number of hydrazine groups is 1. The molecule has 0 radical (unpaired) electrons. The molecule has 128 valence electrons. The first-order valence-corrected chi connectivity index (χ1v) is 8.79. The minimum atomic E-state index is -0.306. The van der Waals surface area contributed by atoms with Crippen molar-refractivity contribution in [2.75, 3.05) is 13.2 Å². The van der Waals surface area contributed by atoms with Crippen LogP contribution < -0.4 is 20.9 Å². The van der Waals surface area contributed by atoms with E-state index in [1.165, 1.54) is 0 Å². The van der Waals surface area contributed by atoms with Crippen molar-refractivity contribution in [1.29, 1.82) is 0 Å². The lowest BCUT2D eigenvalue weighted by molar-refractivity contribution is -0.123. The minimum Gasteiger partial charge on any atom is -0.484 e. The maximum absolute atomic E-state index is 11.8. The molecule has 0 fully saturated rings. The predicted molar refractivity (Wildman–Crippen MR) is 104 cm³/mol. The van der Waals surface area contributed by atoms with Crippen LogP contribution in [0.5, 0.6) is 5.75 Å². The highest BCUT2D eigenvalue weighted by Gasteiger charge is 2.05. The third kappa shape index (κ3) is 5.98.